The summed E-state index contributed by atoms with van der Waals surface area (Å²) in [5, 5.41) is 26.7. The van der Waals surface area contributed by atoms with Gasteiger partial charge in [-0.25, -0.2) is 0 Å². The molecule has 0 spiro atoms. The third kappa shape index (κ3) is 4.05. The van der Waals surface area contributed by atoms with Gasteiger partial charge in [-0.1, -0.05) is 0 Å². The Morgan fingerprint density at radius 3 is 2.13 bits per heavy atom. The Labute approximate surface area is 92.6 Å². The first kappa shape index (κ1) is 13.5. The lowest BCUT2D eigenvalue weighted by Gasteiger charge is -2.07. The molecule has 15 heavy (non-hydrogen) atoms. The maximum Gasteiger partial charge on any atom is 0.320 e. The Bertz CT molecular complexity index is 336. The highest BCUT2D eigenvalue weighted by atomic mass is 35.5. The molecule has 0 aliphatic rings. The molecule has 0 bridgehead atoms. The van der Waals surface area contributed by atoms with Crippen molar-refractivity contribution in [1.29, 1.82) is 0 Å². The van der Waals surface area contributed by atoms with Crippen molar-refractivity contribution in [2.75, 3.05) is 0 Å². The standard InChI is InChI=1S/C9H11NO4.ClH/c10-8(9(13)14)3-5-1-6(11)4-7(12)2-5;/h1-2,4,8,11-12H,3,10H2,(H,13,14);1H. The normalized spacial score (nSPS) is 11.5. The number of carboxylic acids is 1. The number of carbonyl (C=O) groups is 1. The van der Waals surface area contributed by atoms with Crippen molar-refractivity contribution >= 4 is 18.4 Å². The van der Waals surface area contributed by atoms with Gasteiger partial charge in [0.2, 0.25) is 0 Å². The highest BCUT2D eigenvalue weighted by Crippen LogP contribution is 2.20. The molecule has 1 aromatic rings. The molecule has 0 heterocycles. The van der Waals surface area contributed by atoms with E-state index in [-0.39, 0.29) is 30.3 Å². The summed E-state index contributed by atoms with van der Waals surface area (Å²) in [5.74, 6) is -1.34. The van der Waals surface area contributed by atoms with Crippen molar-refractivity contribution in [1.82, 2.24) is 0 Å². The van der Waals surface area contributed by atoms with Gasteiger partial charge in [-0.15, -0.1) is 12.4 Å². The molecule has 5 N–H and O–H groups in total. The molecule has 0 fully saturated rings. The van der Waals surface area contributed by atoms with Gasteiger partial charge >= 0.3 is 5.97 Å². The second-order valence-electron chi connectivity index (χ2n) is 3.01. The number of aliphatic carboxylic acids is 1. The Morgan fingerprint density at radius 2 is 1.73 bits per heavy atom. The first-order valence-corrected chi connectivity index (χ1v) is 3.99. The number of rotatable bonds is 3. The molecule has 6 heteroatoms. The number of phenols is 2. The van der Waals surface area contributed by atoms with Crippen LogP contribution in [0.5, 0.6) is 11.5 Å². The van der Waals surface area contributed by atoms with Gasteiger partial charge in [0, 0.05) is 6.07 Å². The highest BCUT2D eigenvalue weighted by molar-refractivity contribution is 5.85. The van der Waals surface area contributed by atoms with Crippen LogP contribution in [0.25, 0.3) is 0 Å². The number of hydrogen-bond donors (Lipinski definition) is 4. The van der Waals surface area contributed by atoms with Crippen molar-refractivity contribution in [3.8, 4) is 11.5 Å². The fraction of sp³-hybridized carbons (Fsp3) is 0.222. The third-order valence-electron chi connectivity index (χ3n) is 1.74. The van der Waals surface area contributed by atoms with Gasteiger partial charge in [0.1, 0.15) is 17.5 Å². The lowest BCUT2D eigenvalue weighted by molar-refractivity contribution is -0.138. The van der Waals surface area contributed by atoms with E-state index in [2.05, 4.69) is 0 Å². The van der Waals surface area contributed by atoms with Crippen LogP contribution in [0, 0.1) is 0 Å². The zero-order valence-electron chi connectivity index (χ0n) is 7.75. The van der Waals surface area contributed by atoms with Crippen molar-refractivity contribution in [3.63, 3.8) is 0 Å². The van der Waals surface area contributed by atoms with E-state index in [0.29, 0.717) is 5.56 Å². The lowest BCUT2D eigenvalue weighted by Crippen LogP contribution is -2.32. The van der Waals surface area contributed by atoms with Gasteiger partial charge in [-0.05, 0) is 24.1 Å². The molecule has 0 aliphatic heterocycles. The van der Waals surface area contributed by atoms with E-state index in [1.807, 2.05) is 0 Å². The summed E-state index contributed by atoms with van der Waals surface area (Å²) in [7, 11) is 0. The van der Waals surface area contributed by atoms with Crippen LogP contribution >= 0.6 is 12.4 Å². The predicted molar refractivity (Wildman–Crippen MR) is 56.3 cm³/mol. The van der Waals surface area contributed by atoms with Crippen LogP contribution in [-0.2, 0) is 11.2 Å². The van der Waals surface area contributed by atoms with Crippen molar-refractivity contribution < 1.29 is 20.1 Å². The topological polar surface area (TPSA) is 104 Å². The molecular weight excluding hydrogens is 222 g/mol. The molecule has 0 aromatic heterocycles. The highest BCUT2D eigenvalue weighted by Gasteiger charge is 2.12. The smallest absolute Gasteiger partial charge is 0.320 e. The van der Waals surface area contributed by atoms with Gasteiger partial charge in [-0.3, -0.25) is 4.79 Å². The van der Waals surface area contributed by atoms with E-state index in [1.165, 1.54) is 12.1 Å². The summed E-state index contributed by atoms with van der Waals surface area (Å²) >= 11 is 0. The average Bonchev–Trinajstić information content (AvgIpc) is 2.01. The van der Waals surface area contributed by atoms with Crippen LogP contribution < -0.4 is 5.73 Å². The summed E-state index contributed by atoms with van der Waals surface area (Å²) in [6.07, 6.45) is 0.0668. The van der Waals surface area contributed by atoms with Gasteiger partial charge in [0.25, 0.3) is 0 Å². The molecule has 0 saturated heterocycles. The van der Waals surface area contributed by atoms with E-state index in [0.717, 1.165) is 6.07 Å². The molecule has 1 atom stereocenters. The Hall–Kier alpha value is -1.46. The van der Waals surface area contributed by atoms with Gasteiger partial charge in [-0.2, -0.15) is 0 Å². The number of phenolic OH excluding ortho intramolecular Hbond substituents is 2. The fourth-order valence-electron chi connectivity index (χ4n) is 1.12. The summed E-state index contributed by atoms with van der Waals surface area (Å²) in [6, 6.07) is 2.86. The summed E-state index contributed by atoms with van der Waals surface area (Å²) in [4.78, 5) is 10.4. The van der Waals surface area contributed by atoms with Crippen molar-refractivity contribution in [3.05, 3.63) is 23.8 Å². The van der Waals surface area contributed by atoms with Crippen molar-refractivity contribution in [2.45, 2.75) is 12.5 Å². The van der Waals surface area contributed by atoms with Gasteiger partial charge in [0.05, 0.1) is 0 Å². The van der Waals surface area contributed by atoms with Crippen LogP contribution in [0.2, 0.25) is 0 Å². The van der Waals surface area contributed by atoms with Crippen LogP contribution in [0.3, 0.4) is 0 Å². The van der Waals surface area contributed by atoms with Crippen molar-refractivity contribution in [2.24, 2.45) is 5.73 Å². The Balaban J connectivity index is 0.00000196. The minimum atomic E-state index is -1.12. The number of aromatic hydroxyl groups is 2. The molecule has 0 saturated carbocycles. The number of halogens is 1. The van der Waals surface area contributed by atoms with Crippen LogP contribution in [-0.4, -0.2) is 27.3 Å². The first-order valence-electron chi connectivity index (χ1n) is 3.99. The lowest BCUT2D eigenvalue weighted by atomic mass is 10.1. The van der Waals surface area contributed by atoms with Gasteiger partial charge < -0.3 is 21.1 Å². The maximum atomic E-state index is 10.4. The van der Waals surface area contributed by atoms with Crippen LogP contribution in [0.4, 0.5) is 0 Å². The molecule has 1 aromatic carbocycles. The minimum Gasteiger partial charge on any atom is -0.508 e. The molecule has 1 unspecified atom stereocenters. The van der Waals surface area contributed by atoms with E-state index < -0.39 is 12.0 Å². The first-order chi connectivity index (χ1) is 6.49. The number of nitrogens with two attached hydrogens (primary N) is 1. The molecule has 84 valence electrons. The quantitative estimate of drug-likeness (QED) is 0.608. The SMILES string of the molecule is Cl.NC(Cc1cc(O)cc(O)c1)C(=O)O. The molecule has 5 nitrogen and oxygen atoms in total. The number of benzene rings is 1. The monoisotopic (exact) mass is 233 g/mol. The van der Waals surface area contributed by atoms with E-state index in [4.69, 9.17) is 21.1 Å². The minimum absolute atomic E-state index is 0. The average molecular weight is 234 g/mol. The molecular formula is C9H12ClNO4. The zero-order chi connectivity index (χ0) is 10.7. The Kier molecular flexibility index (Phi) is 4.90. The summed E-state index contributed by atoms with van der Waals surface area (Å²) in [6.45, 7) is 0. The third-order valence-corrected chi connectivity index (χ3v) is 1.74. The molecule has 0 radical (unpaired) electrons. The van der Waals surface area contributed by atoms with E-state index in [1.54, 1.807) is 0 Å². The second-order valence-corrected chi connectivity index (χ2v) is 3.01. The fourth-order valence-corrected chi connectivity index (χ4v) is 1.12. The number of carboxylic acid groups (broad SMARTS) is 1. The Morgan fingerprint density at radius 1 is 1.27 bits per heavy atom. The largest absolute Gasteiger partial charge is 0.508 e. The van der Waals surface area contributed by atoms with Crippen LogP contribution in [0.15, 0.2) is 18.2 Å². The predicted octanol–water partition coefficient (Wildman–Crippen LogP) is 0.474. The zero-order valence-corrected chi connectivity index (χ0v) is 8.57. The maximum absolute atomic E-state index is 10.4. The molecule has 0 aliphatic carbocycles. The summed E-state index contributed by atoms with van der Waals surface area (Å²) < 4.78 is 0. The van der Waals surface area contributed by atoms with Gasteiger partial charge in [0.15, 0.2) is 0 Å². The van der Waals surface area contributed by atoms with E-state index in [9.17, 15) is 4.79 Å². The number of hydrogen-bond acceptors (Lipinski definition) is 4. The summed E-state index contributed by atoms with van der Waals surface area (Å²) in [5.41, 5.74) is 5.77. The molecule has 1 rings (SSSR count). The molecule has 0 amide bonds. The second kappa shape index (κ2) is 5.43. The van der Waals surface area contributed by atoms with E-state index >= 15 is 0 Å². The van der Waals surface area contributed by atoms with Crippen LogP contribution in [0.1, 0.15) is 5.56 Å².